The van der Waals surface area contributed by atoms with E-state index in [-0.39, 0.29) is 10.2 Å². The summed E-state index contributed by atoms with van der Waals surface area (Å²) in [5.74, 6) is 2.29. The number of halogens is 1. The average Bonchev–Trinajstić information content (AvgIpc) is 2.96. The van der Waals surface area contributed by atoms with Crippen molar-refractivity contribution in [3.63, 3.8) is 0 Å². The fraction of sp³-hybridized carbons (Fsp3) is 0.857. The van der Waals surface area contributed by atoms with Gasteiger partial charge in [-0.2, -0.15) is 0 Å². The van der Waals surface area contributed by atoms with Gasteiger partial charge in [-0.15, -0.1) is 10.2 Å². The monoisotopic (exact) mass is 314 g/mol. The van der Waals surface area contributed by atoms with Crippen LogP contribution in [0.3, 0.4) is 0 Å². The predicted molar refractivity (Wildman–Crippen MR) is 75.9 cm³/mol. The van der Waals surface area contributed by atoms with Crippen molar-refractivity contribution >= 4 is 15.9 Å². The van der Waals surface area contributed by atoms with Gasteiger partial charge in [0.1, 0.15) is 0 Å². The van der Waals surface area contributed by atoms with Crippen molar-refractivity contribution in [2.75, 3.05) is 0 Å². The van der Waals surface area contributed by atoms with Crippen molar-refractivity contribution in [3.05, 3.63) is 11.8 Å². The lowest BCUT2D eigenvalue weighted by Crippen LogP contribution is -2.24. The molecule has 2 rings (SSSR count). The van der Waals surface area contributed by atoms with Gasteiger partial charge in [0, 0.05) is 5.41 Å². The number of alkyl halides is 1. The largest absolute Gasteiger partial charge is 0.423 e. The molecule has 102 valence electrons. The molecular weight excluding hydrogens is 292 g/mol. The lowest BCUT2D eigenvalue weighted by atomic mass is 9.78. The molecule has 1 heterocycles. The Hall–Kier alpha value is -0.380. The topological polar surface area (TPSA) is 38.9 Å². The second-order valence-electron chi connectivity index (χ2n) is 5.91. The van der Waals surface area contributed by atoms with Crippen LogP contribution in [0.25, 0.3) is 0 Å². The van der Waals surface area contributed by atoms with Crippen molar-refractivity contribution in [1.29, 1.82) is 0 Å². The Morgan fingerprint density at radius 3 is 2.50 bits per heavy atom. The number of hydrogen-bond donors (Lipinski definition) is 0. The summed E-state index contributed by atoms with van der Waals surface area (Å²) in [7, 11) is 0. The molecule has 0 saturated heterocycles. The lowest BCUT2D eigenvalue weighted by Gasteiger charge is -2.26. The number of aromatic nitrogens is 2. The van der Waals surface area contributed by atoms with E-state index >= 15 is 0 Å². The van der Waals surface area contributed by atoms with Gasteiger partial charge < -0.3 is 4.42 Å². The van der Waals surface area contributed by atoms with Crippen LogP contribution in [0.5, 0.6) is 0 Å². The molecule has 1 saturated carbocycles. The van der Waals surface area contributed by atoms with Crippen LogP contribution in [0, 0.1) is 5.92 Å². The normalized spacial score (nSPS) is 20.5. The van der Waals surface area contributed by atoms with E-state index in [0.717, 1.165) is 24.6 Å². The van der Waals surface area contributed by atoms with E-state index in [1.807, 2.05) is 0 Å². The van der Waals surface area contributed by atoms with Gasteiger partial charge in [-0.3, -0.25) is 0 Å². The third kappa shape index (κ3) is 2.79. The molecule has 0 radical (unpaired) electrons. The van der Waals surface area contributed by atoms with Gasteiger partial charge in [0.25, 0.3) is 0 Å². The maximum absolute atomic E-state index is 5.96. The van der Waals surface area contributed by atoms with Crippen LogP contribution in [0.1, 0.15) is 75.9 Å². The van der Waals surface area contributed by atoms with Crippen LogP contribution >= 0.6 is 15.9 Å². The molecule has 1 aromatic heterocycles. The Labute approximate surface area is 118 Å². The minimum atomic E-state index is 0.153. The molecule has 1 aliphatic carbocycles. The predicted octanol–water partition coefficient (Wildman–Crippen LogP) is 4.77. The average molecular weight is 315 g/mol. The van der Waals surface area contributed by atoms with Crippen LogP contribution in [0.2, 0.25) is 0 Å². The summed E-state index contributed by atoms with van der Waals surface area (Å²) < 4.78 is 5.96. The summed E-state index contributed by atoms with van der Waals surface area (Å²) in [6.45, 7) is 6.66. The summed E-state index contributed by atoms with van der Waals surface area (Å²) in [5.41, 5.74) is 0.153. The fourth-order valence-electron chi connectivity index (χ4n) is 3.09. The van der Waals surface area contributed by atoms with Crippen molar-refractivity contribution in [3.8, 4) is 0 Å². The van der Waals surface area contributed by atoms with E-state index in [0.29, 0.717) is 5.92 Å². The first-order chi connectivity index (χ1) is 8.57. The quantitative estimate of drug-likeness (QED) is 0.734. The highest BCUT2D eigenvalue weighted by Gasteiger charge is 2.41. The second-order valence-corrected chi connectivity index (χ2v) is 7.01. The number of rotatable bonds is 5. The Kier molecular flexibility index (Phi) is 4.46. The summed E-state index contributed by atoms with van der Waals surface area (Å²) in [6.07, 6.45) is 7.11. The van der Waals surface area contributed by atoms with Gasteiger partial charge in [0.2, 0.25) is 11.8 Å². The molecule has 0 amide bonds. The Balaban J connectivity index is 2.23. The van der Waals surface area contributed by atoms with Gasteiger partial charge in [-0.25, -0.2) is 0 Å². The molecule has 0 aliphatic heterocycles. The minimum absolute atomic E-state index is 0.153. The van der Waals surface area contributed by atoms with Gasteiger partial charge >= 0.3 is 0 Å². The molecule has 1 aliphatic rings. The van der Waals surface area contributed by atoms with Crippen LogP contribution < -0.4 is 0 Å². The number of nitrogens with zero attached hydrogens (tertiary/aromatic N) is 2. The molecule has 3 nitrogen and oxygen atoms in total. The number of hydrogen-bond acceptors (Lipinski definition) is 3. The SMILES string of the molecule is CCC(Br)c1nnc(C2(CC(C)C)CCCC2)o1. The first kappa shape index (κ1) is 14.0. The van der Waals surface area contributed by atoms with Crippen LogP contribution in [-0.4, -0.2) is 10.2 Å². The van der Waals surface area contributed by atoms with E-state index in [1.165, 1.54) is 25.7 Å². The summed E-state index contributed by atoms with van der Waals surface area (Å²) >= 11 is 3.58. The lowest BCUT2D eigenvalue weighted by molar-refractivity contribution is 0.267. The highest BCUT2D eigenvalue weighted by molar-refractivity contribution is 9.09. The summed E-state index contributed by atoms with van der Waals surface area (Å²) in [6, 6.07) is 0. The smallest absolute Gasteiger partial charge is 0.230 e. The molecule has 18 heavy (non-hydrogen) atoms. The minimum Gasteiger partial charge on any atom is -0.423 e. The van der Waals surface area contributed by atoms with Crippen molar-refractivity contribution < 1.29 is 4.42 Å². The van der Waals surface area contributed by atoms with E-state index in [4.69, 9.17) is 4.42 Å². The van der Waals surface area contributed by atoms with Crippen LogP contribution in [0.4, 0.5) is 0 Å². The highest BCUT2D eigenvalue weighted by Crippen LogP contribution is 2.45. The van der Waals surface area contributed by atoms with E-state index in [9.17, 15) is 0 Å². The third-order valence-corrected chi connectivity index (χ3v) is 4.92. The maximum atomic E-state index is 5.96. The van der Waals surface area contributed by atoms with Crippen molar-refractivity contribution in [2.24, 2.45) is 5.92 Å². The molecule has 0 N–H and O–H groups in total. The Bertz CT molecular complexity index is 383. The summed E-state index contributed by atoms with van der Waals surface area (Å²) in [4.78, 5) is 0.191. The highest BCUT2D eigenvalue weighted by atomic mass is 79.9. The zero-order valence-corrected chi connectivity index (χ0v) is 13.2. The standard InChI is InChI=1S/C14H23BrN2O/c1-4-11(15)12-16-17-13(18-12)14(9-10(2)3)7-5-6-8-14/h10-11H,4-9H2,1-3H3. The van der Waals surface area contributed by atoms with Crippen molar-refractivity contribution in [2.45, 2.75) is 69.5 Å². The van der Waals surface area contributed by atoms with Gasteiger partial charge in [0.05, 0.1) is 4.83 Å². The molecule has 1 unspecified atom stereocenters. The third-order valence-electron chi connectivity index (χ3n) is 3.88. The first-order valence-corrected chi connectivity index (χ1v) is 7.97. The molecule has 0 spiro atoms. The zero-order valence-electron chi connectivity index (χ0n) is 11.6. The van der Waals surface area contributed by atoms with Gasteiger partial charge in [-0.05, 0) is 31.6 Å². The summed E-state index contributed by atoms with van der Waals surface area (Å²) in [5, 5.41) is 8.57. The molecule has 4 heteroatoms. The zero-order chi connectivity index (χ0) is 13.2. The second kappa shape index (κ2) is 5.72. The molecular formula is C14H23BrN2O. The van der Waals surface area contributed by atoms with Gasteiger partial charge in [-0.1, -0.05) is 49.5 Å². The van der Waals surface area contributed by atoms with Crippen molar-refractivity contribution in [1.82, 2.24) is 10.2 Å². The van der Waals surface area contributed by atoms with E-state index in [1.54, 1.807) is 0 Å². The van der Waals surface area contributed by atoms with Crippen LogP contribution in [0.15, 0.2) is 4.42 Å². The molecule has 1 atom stereocenters. The molecule has 1 fully saturated rings. The fourth-order valence-corrected chi connectivity index (χ4v) is 3.27. The van der Waals surface area contributed by atoms with E-state index < -0.39 is 0 Å². The molecule has 0 aromatic carbocycles. The Morgan fingerprint density at radius 2 is 1.94 bits per heavy atom. The Morgan fingerprint density at radius 1 is 1.28 bits per heavy atom. The molecule has 1 aromatic rings. The molecule has 0 bridgehead atoms. The van der Waals surface area contributed by atoms with Crippen LogP contribution in [-0.2, 0) is 5.41 Å². The first-order valence-electron chi connectivity index (χ1n) is 7.05. The maximum Gasteiger partial charge on any atom is 0.230 e. The van der Waals surface area contributed by atoms with E-state index in [2.05, 4.69) is 46.9 Å². The van der Waals surface area contributed by atoms with Gasteiger partial charge in [0.15, 0.2) is 0 Å².